The molecule has 0 radical (unpaired) electrons. The first-order valence-corrected chi connectivity index (χ1v) is 9.55. The van der Waals surface area contributed by atoms with Gasteiger partial charge in [0.05, 0.1) is 23.8 Å². The van der Waals surface area contributed by atoms with Gasteiger partial charge in [0.25, 0.3) is 5.89 Å². The summed E-state index contributed by atoms with van der Waals surface area (Å²) >= 11 is 6.26. The van der Waals surface area contributed by atoms with Crippen LogP contribution in [-0.4, -0.2) is 34.4 Å². The van der Waals surface area contributed by atoms with Gasteiger partial charge in [-0.25, -0.2) is 4.39 Å². The van der Waals surface area contributed by atoms with E-state index in [1.54, 1.807) is 18.2 Å². The van der Waals surface area contributed by atoms with Crippen molar-refractivity contribution in [2.75, 3.05) is 7.11 Å². The van der Waals surface area contributed by atoms with E-state index >= 15 is 0 Å². The van der Waals surface area contributed by atoms with E-state index in [1.165, 1.54) is 19.2 Å². The van der Waals surface area contributed by atoms with Crippen molar-refractivity contribution in [3.05, 3.63) is 46.7 Å². The van der Waals surface area contributed by atoms with Crippen molar-refractivity contribution >= 4 is 17.6 Å². The zero-order chi connectivity index (χ0) is 21.8. The Bertz CT molecular complexity index is 1070. The number of rotatable bonds is 8. The Morgan fingerprint density at radius 3 is 2.70 bits per heavy atom. The van der Waals surface area contributed by atoms with Gasteiger partial charge in [0, 0.05) is 12.0 Å². The van der Waals surface area contributed by atoms with Gasteiger partial charge in [-0.05, 0) is 56.2 Å². The molecule has 7 nitrogen and oxygen atoms in total. The van der Waals surface area contributed by atoms with Crippen LogP contribution in [-0.2, 0) is 11.2 Å². The number of carboxylic acids is 1. The van der Waals surface area contributed by atoms with Gasteiger partial charge < -0.3 is 19.1 Å². The number of hydrogen-bond donors (Lipinski definition) is 1. The van der Waals surface area contributed by atoms with E-state index in [1.807, 2.05) is 13.8 Å². The third-order valence-electron chi connectivity index (χ3n) is 4.15. The van der Waals surface area contributed by atoms with Crippen LogP contribution < -0.4 is 9.47 Å². The van der Waals surface area contributed by atoms with Crippen LogP contribution in [0, 0.1) is 5.82 Å². The predicted octanol–water partition coefficient (Wildman–Crippen LogP) is 5.01. The monoisotopic (exact) mass is 434 g/mol. The van der Waals surface area contributed by atoms with Gasteiger partial charge in [0.2, 0.25) is 5.82 Å². The zero-order valence-electron chi connectivity index (χ0n) is 16.6. The maximum Gasteiger partial charge on any atom is 0.303 e. The largest absolute Gasteiger partial charge is 0.496 e. The molecular weight excluding hydrogens is 415 g/mol. The summed E-state index contributed by atoms with van der Waals surface area (Å²) in [6.45, 7) is 3.79. The molecule has 3 aromatic rings. The Labute approximate surface area is 177 Å². The second kappa shape index (κ2) is 9.13. The highest BCUT2D eigenvalue weighted by molar-refractivity contribution is 6.32. The molecule has 0 aliphatic rings. The van der Waals surface area contributed by atoms with Crippen LogP contribution >= 0.6 is 11.6 Å². The standard InChI is InChI=1S/C21H20ClFN2O5/c1-11(2)29-17-6-4-13(9-16(17)22)21-24-20(25-30-21)15-10-14(23)8-12(19(15)28-3)5-7-18(26)27/h4,6,8-11H,5,7H2,1-3H3,(H,26,27). The lowest BCUT2D eigenvalue weighted by Gasteiger charge is -2.11. The van der Waals surface area contributed by atoms with Crippen LogP contribution in [0.4, 0.5) is 4.39 Å². The molecule has 0 bridgehead atoms. The van der Waals surface area contributed by atoms with Gasteiger partial charge in [-0.3, -0.25) is 4.79 Å². The molecule has 3 rings (SSSR count). The topological polar surface area (TPSA) is 94.7 Å². The van der Waals surface area contributed by atoms with E-state index in [9.17, 15) is 9.18 Å². The van der Waals surface area contributed by atoms with Crippen molar-refractivity contribution in [3.63, 3.8) is 0 Å². The molecule has 0 saturated carbocycles. The van der Waals surface area contributed by atoms with E-state index in [0.717, 1.165) is 0 Å². The molecule has 1 aromatic heterocycles. The number of halogens is 2. The van der Waals surface area contributed by atoms with Crippen molar-refractivity contribution < 1.29 is 28.3 Å². The van der Waals surface area contributed by atoms with E-state index in [-0.39, 0.29) is 36.2 Å². The maximum absolute atomic E-state index is 14.2. The first kappa shape index (κ1) is 21.6. The summed E-state index contributed by atoms with van der Waals surface area (Å²) in [5.74, 6) is -0.436. The van der Waals surface area contributed by atoms with Gasteiger partial charge in [0.1, 0.15) is 17.3 Å². The number of ether oxygens (including phenoxy) is 2. The van der Waals surface area contributed by atoms with Crippen LogP contribution in [0.5, 0.6) is 11.5 Å². The highest BCUT2D eigenvalue weighted by Gasteiger charge is 2.20. The first-order valence-electron chi connectivity index (χ1n) is 9.17. The van der Waals surface area contributed by atoms with Crippen molar-refractivity contribution in [2.24, 2.45) is 0 Å². The van der Waals surface area contributed by atoms with Gasteiger partial charge in [-0.2, -0.15) is 4.98 Å². The Morgan fingerprint density at radius 2 is 2.07 bits per heavy atom. The third-order valence-corrected chi connectivity index (χ3v) is 4.45. The van der Waals surface area contributed by atoms with Crippen molar-refractivity contribution in [1.82, 2.24) is 10.1 Å². The molecule has 0 amide bonds. The van der Waals surface area contributed by atoms with Gasteiger partial charge in [-0.15, -0.1) is 0 Å². The highest BCUT2D eigenvalue weighted by atomic mass is 35.5. The molecule has 0 aliphatic carbocycles. The normalized spacial score (nSPS) is 11.0. The fourth-order valence-corrected chi connectivity index (χ4v) is 3.14. The van der Waals surface area contributed by atoms with Crippen molar-refractivity contribution in [3.8, 4) is 34.3 Å². The molecule has 30 heavy (non-hydrogen) atoms. The van der Waals surface area contributed by atoms with Crippen LogP contribution in [0.25, 0.3) is 22.8 Å². The number of benzene rings is 2. The summed E-state index contributed by atoms with van der Waals surface area (Å²) in [5, 5.41) is 13.2. The zero-order valence-corrected chi connectivity index (χ0v) is 17.4. The minimum absolute atomic E-state index is 0.0286. The highest BCUT2D eigenvalue weighted by Crippen LogP contribution is 2.35. The third kappa shape index (κ3) is 4.88. The summed E-state index contributed by atoms with van der Waals surface area (Å²) in [4.78, 5) is 15.2. The average Bonchev–Trinajstić information content (AvgIpc) is 3.17. The summed E-state index contributed by atoms with van der Waals surface area (Å²) in [7, 11) is 1.41. The molecule has 9 heteroatoms. The Balaban J connectivity index is 1.96. The molecule has 2 aromatic carbocycles. The van der Waals surface area contributed by atoms with E-state index in [0.29, 0.717) is 27.6 Å². The Kier molecular flexibility index (Phi) is 6.56. The molecule has 0 unspecified atom stereocenters. The molecule has 158 valence electrons. The minimum Gasteiger partial charge on any atom is -0.496 e. The smallest absolute Gasteiger partial charge is 0.303 e. The number of hydrogen-bond acceptors (Lipinski definition) is 6. The number of nitrogens with zero attached hydrogens (tertiary/aromatic N) is 2. The van der Waals surface area contributed by atoms with Crippen LogP contribution in [0.2, 0.25) is 5.02 Å². The molecule has 1 heterocycles. The number of aryl methyl sites for hydroxylation is 1. The second-order valence-electron chi connectivity index (χ2n) is 6.77. The van der Waals surface area contributed by atoms with Crippen LogP contribution in [0.3, 0.4) is 0 Å². The van der Waals surface area contributed by atoms with Crippen molar-refractivity contribution in [1.29, 1.82) is 0 Å². The maximum atomic E-state index is 14.2. The number of aromatic nitrogens is 2. The molecule has 0 spiro atoms. The Morgan fingerprint density at radius 1 is 1.30 bits per heavy atom. The lowest BCUT2D eigenvalue weighted by molar-refractivity contribution is -0.136. The summed E-state index contributed by atoms with van der Waals surface area (Å²) < 4.78 is 30.5. The summed E-state index contributed by atoms with van der Waals surface area (Å²) in [6.07, 6.45) is -0.0971. The fourth-order valence-electron chi connectivity index (χ4n) is 2.92. The lowest BCUT2D eigenvalue weighted by Crippen LogP contribution is -2.05. The molecule has 0 aliphatic heterocycles. The molecule has 0 fully saturated rings. The average molecular weight is 435 g/mol. The minimum atomic E-state index is -0.994. The predicted molar refractivity (Wildman–Crippen MR) is 108 cm³/mol. The molecule has 0 atom stereocenters. The van der Waals surface area contributed by atoms with E-state index in [2.05, 4.69) is 10.1 Å². The van der Waals surface area contributed by atoms with Gasteiger partial charge in [-0.1, -0.05) is 16.8 Å². The lowest BCUT2D eigenvalue weighted by atomic mass is 10.0. The quantitative estimate of drug-likeness (QED) is 0.532. The van der Waals surface area contributed by atoms with Gasteiger partial charge in [0.15, 0.2) is 0 Å². The molecular formula is C21H20ClFN2O5. The number of methoxy groups -OCH3 is 1. The first-order chi connectivity index (χ1) is 14.3. The summed E-state index contributed by atoms with van der Waals surface area (Å²) in [5.41, 5.74) is 1.23. The SMILES string of the molecule is COc1c(CCC(=O)O)cc(F)cc1-c1noc(-c2ccc(OC(C)C)c(Cl)c2)n1. The number of carboxylic acid groups (broad SMARTS) is 1. The van der Waals surface area contributed by atoms with E-state index in [4.69, 9.17) is 30.7 Å². The number of carbonyl (C=O) groups is 1. The fraction of sp³-hybridized carbons (Fsp3) is 0.286. The molecule has 0 saturated heterocycles. The van der Waals surface area contributed by atoms with Crippen LogP contribution in [0.1, 0.15) is 25.8 Å². The number of aliphatic carboxylic acids is 1. The van der Waals surface area contributed by atoms with Gasteiger partial charge >= 0.3 is 5.97 Å². The summed E-state index contributed by atoms with van der Waals surface area (Å²) in [6, 6.07) is 7.51. The van der Waals surface area contributed by atoms with Crippen molar-refractivity contribution in [2.45, 2.75) is 32.8 Å². The van der Waals surface area contributed by atoms with Crippen LogP contribution in [0.15, 0.2) is 34.9 Å². The van der Waals surface area contributed by atoms with E-state index < -0.39 is 11.8 Å². The molecule has 1 N–H and O–H groups in total. The Hall–Kier alpha value is -3.13. The second-order valence-corrected chi connectivity index (χ2v) is 7.18.